The van der Waals surface area contributed by atoms with Crippen molar-refractivity contribution in [2.24, 2.45) is 0 Å². The van der Waals surface area contributed by atoms with Crippen molar-refractivity contribution in [3.63, 3.8) is 0 Å². The Balaban J connectivity index is 1.49. The van der Waals surface area contributed by atoms with Gasteiger partial charge in [0, 0.05) is 63.0 Å². The Bertz CT molecular complexity index is 973. The molecule has 33 heavy (non-hydrogen) atoms. The smallest absolute Gasteiger partial charge is 0.254 e. The highest BCUT2D eigenvalue weighted by Crippen LogP contribution is 2.32. The molecular weight excluding hydrogens is 426 g/mol. The van der Waals surface area contributed by atoms with Crippen LogP contribution in [0.25, 0.3) is 11.3 Å². The quantitative estimate of drug-likeness (QED) is 0.616. The van der Waals surface area contributed by atoms with Crippen molar-refractivity contribution in [2.45, 2.75) is 50.9 Å². The van der Waals surface area contributed by atoms with Crippen LogP contribution in [0.1, 0.15) is 33.1 Å². The Hall–Kier alpha value is -3.05. The first-order valence-corrected chi connectivity index (χ1v) is 11.2. The van der Waals surface area contributed by atoms with E-state index in [1.54, 1.807) is 44.3 Å². The first kappa shape index (κ1) is 23.1. The van der Waals surface area contributed by atoms with Crippen molar-refractivity contribution < 1.29 is 19.4 Å². The molecule has 2 aromatic heterocycles. The number of hydrogen-bond acceptors (Lipinski definition) is 10. The monoisotopic (exact) mass is 457 g/mol. The number of anilines is 2. The second-order valence-corrected chi connectivity index (χ2v) is 8.73. The lowest BCUT2D eigenvalue weighted by atomic mass is 9.87. The number of nitrogens with two attached hydrogens (primary N) is 1. The zero-order chi connectivity index (χ0) is 23.6. The lowest BCUT2D eigenvalue weighted by Crippen LogP contribution is -2.55. The number of aliphatic hydroxyl groups is 1. The Kier molecular flexibility index (Phi) is 6.61. The lowest BCUT2D eigenvalue weighted by molar-refractivity contribution is -0.154. The van der Waals surface area contributed by atoms with E-state index in [0.717, 1.165) is 0 Å². The molecule has 11 nitrogen and oxygen atoms in total. The van der Waals surface area contributed by atoms with Gasteiger partial charge in [0.15, 0.2) is 0 Å². The first-order valence-electron chi connectivity index (χ1n) is 11.2. The molecule has 2 aliphatic rings. The predicted molar refractivity (Wildman–Crippen MR) is 122 cm³/mol. The highest BCUT2D eigenvalue weighted by Gasteiger charge is 2.40. The molecule has 1 aliphatic carbocycles. The molecule has 3 heterocycles. The van der Waals surface area contributed by atoms with Gasteiger partial charge in [-0.2, -0.15) is 4.98 Å². The summed E-state index contributed by atoms with van der Waals surface area (Å²) < 4.78 is 11.6. The maximum Gasteiger partial charge on any atom is 0.254 e. The van der Waals surface area contributed by atoms with Crippen LogP contribution in [0.4, 0.5) is 11.9 Å². The summed E-state index contributed by atoms with van der Waals surface area (Å²) in [5.41, 5.74) is 5.63. The number of amides is 1. The minimum absolute atomic E-state index is 0.0195. The second-order valence-electron chi connectivity index (χ2n) is 8.73. The van der Waals surface area contributed by atoms with E-state index in [1.807, 2.05) is 0 Å². The summed E-state index contributed by atoms with van der Waals surface area (Å²) in [4.78, 5) is 33.6. The van der Waals surface area contributed by atoms with Crippen LogP contribution in [0, 0.1) is 0 Å². The first-order chi connectivity index (χ1) is 15.8. The molecule has 2 aromatic rings. The van der Waals surface area contributed by atoms with Crippen LogP contribution >= 0.6 is 0 Å². The van der Waals surface area contributed by atoms with E-state index in [-0.39, 0.29) is 24.0 Å². The van der Waals surface area contributed by atoms with Crippen molar-refractivity contribution in [1.29, 1.82) is 0 Å². The predicted octanol–water partition coefficient (Wildman–Crippen LogP) is 0.882. The fourth-order valence-corrected chi connectivity index (χ4v) is 3.81. The molecule has 0 spiro atoms. The highest BCUT2D eigenvalue weighted by molar-refractivity contribution is 5.84. The van der Waals surface area contributed by atoms with Crippen LogP contribution < -0.4 is 15.4 Å². The molecular formula is C22H31N7O4. The zero-order valence-electron chi connectivity index (χ0n) is 19.3. The van der Waals surface area contributed by atoms with Gasteiger partial charge >= 0.3 is 0 Å². The van der Waals surface area contributed by atoms with E-state index in [2.05, 4.69) is 24.8 Å². The standard InChI is InChI=1S/C22H31N7O4/c1-4-22(2,31)19(30)28(3)15-9-16(10-15)33-18-11-17(14-12-24-20(23)25-13-14)26-21(27-18)29-5-7-32-8-6-29/h11-13,15-16,31H,4-10H2,1-3H3,(H2,23,24,25)/t15?,16?,22-/m0/s1. The van der Waals surface area contributed by atoms with E-state index in [1.165, 1.54) is 0 Å². The van der Waals surface area contributed by atoms with Crippen LogP contribution in [0.15, 0.2) is 18.5 Å². The number of nitrogen functional groups attached to an aromatic ring is 1. The van der Waals surface area contributed by atoms with Crippen molar-refractivity contribution >= 4 is 17.8 Å². The number of hydrogen-bond donors (Lipinski definition) is 2. The number of carbonyl (C=O) groups excluding carboxylic acids is 1. The number of aromatic nitrogens is 4. The second kappa shape index (κ2) is 9.44. The number of morpholine rings is 1. The minimum Gasteiger partial charge on any atom is -0.474 e. The summed E-state index contributed by atoms with van der Waals surface area (Å²) in [5, 5.41) is 10.3. The van der Waals surface area contributed by atoms with Gasteiger partial charge in [-0.3, -0.25) is 4.79 Å². The minimum atomic E-state index is -1.35. The lowest BCUT2D eigenvalue weighted by Gasteiger charge is -2.42. The van der Waals surface area contributed by atoms with Gasteiger partial charge < -0.3 is 30.1 Å². The van der Waals surface area contributed by atoms with Crippen LogP contribution in [0.3, 0.4) is 0 Å². The average Bonchev–Trinajstić information content (AvgIpc) is 2.81. The molecule has 3 N–H and O–H groups in total. The molecule has 1 saturated carbocycles. The van der Waals surface area contributed by atoms with E-state index >= 15 is 0 Å². The van der Waals surface area contributed by atoms with E-state index < -0.39 is 5.60 Å². The van der Waals surface area contributed by atoms with Crippen molar-refractivity contribution in [1.82, 2.24) is 24.8 Å². The normalized spacial score (nSPS) is 22.2. The van der Waals surface area contributed by atoms with Gasteiger partial charge in [0.2, 0.25) is 17.8 Å². The third-order valence-electron chi connectivity index (χ3n) is 6.33. The maximum atomic E-state index is 12.5. The fourth-order valence-electron chi connectivity index (χ4n) is 3.81. The Morgan fingerprint density at radius 1 is 1.30 bits per heavy atom. The Morgan fingerprint density at radius 3 is 2.61 bits per heavy atom. The summed E-state index contributed by atoms with van der Waals surface area (Å²) in [6.07, 6.45) is 4.86. The van der Waals surface area contributed by atoms with Crippen LogP contribution in [-0.4, -0.2) is 86.9 Å². The molecule has 2 fully saturated rings. The van der Waals surface area contributed by atoms with Gasteiger partial charge in [0.05, 0.1) is 18.9 Å². The van der Waals surface area contributed by atoms with Gasteiger partial charge in [-0.25, -0.2) is 15.0 Å². The molecule has 11 heteroatoms. The molecule has 1 aliphatic heterocycles. The molecule has 0 radical (unpaired) electrons. The van der Waals surface area contributed by atoms with Gasteiger partial charge in [0.1, 0.15) is 11.7 Å². The largest absolute Gasteiger partial charge is 0.474 e. The van der Waals surface area contributed by atoms with Crippen LogP contribution in [0.5, 0.6) is 5.88 Å². The van der Waals surface area contributed by atoms with Crippen molar-refractivity contribution in [2.75, 3.05) is 44.0 Å². The number of ether oxygens (including phenoxy) is 2. The summed E-state index contributed by atoms with van der Waals surface area (Å²) in [7, 11) is 1.73. The summed E-state index contributed by atoms with van der Waals surface area (Å²) in [6, 6.07) is 1.79. The summed E-state index contributed by atoms with van der Waals surface area (Å²) >= 11 is 0. The number of nitrogens with zero attached hydrogens (tertiary/aromatic N) is 6. The highest BCUT2D eigenvalue weighted by atomic mass is 16.5. The third-order valence-corrected chi connectivity index (χ3v) is 6.33. The molecule has 178 valence electrons. The van der Waals surface area contributed by atoms with E-state index in [0.29, 0.717) is 68.7 Å². The fraction of sp³-hybridized carbons (Fsp3) is 0.591. The molecule has 4 rings (SSSR count). The Morgan fingerprint density at radius 2 is 1.97 bits per heavy atom. The SMILES string of the molecule is CC[C@](C)(O)C(=O)N(C)C1CC(Oc2cc(-c3cnc(N)nc3)nc(N3CCOCC3)n2)C1. The molecule has 1 saturated heterocycles. The number of carbonyl (C=O) groups is 1. The average molecular weight is 458 g/mol. The van der Waals surface area contributed by atoms with Gasteiger partial charge in [-0.15, -0.1) is 0 Å². The van der Waals surface area contributed by atoms with Crippen molar-refractivity contribution in [3.8, 4) is 17.1 Å². The molecule has 1 amide bonds. The van der Waals surface area contributed by atoms with Gasteiger partial charge in [0.25, 0.3) is 5.91 Å². The van der Waals surface area contributed by atoms with E-state index in [4.69, 9.17) is 15.2 Å². The number of likely N-dealkylation sites (N-methyl/N-ethyl adjacent to an activating group) is 1. The summed E-state index contributed by atoms with van der Waals surface area (Å²) in [6.45, 7) is 5.95. The maximum absolute atomic E-state index is 12.5. The van der Waals surface area contributed by atoms with Gasteiger partial charge in [-0.1, -0.05) is 6.92 Å². The van der Waals surface area contributed by atoms with Crippen LogP contribution in [-0.2, 0) is 9.53 Å². The number of rotatable bonds is 7. The third kappa shape index (κ3) is 5.14. The Labute approximate surface area is 193 Å². The molecule has 0 aromatic carbocycles. The van der Waals surface area contributed by atoms with Crippen molar-refractivity contribution in [3.05, 3.63) is 18.5 Å². The molecule has 1 atom stereocenters. The summed E-state index contributed by atoms with van der Waals surface area (Å²) in [5.74, 6) is 0.940. The van der Waals surface area contributed by atoms with E-state index in [9.17, 15) is 9.90 Å². The molecule has 0 unspecified atom stereocenters. The zero-order valence-corrected chi connectivity index (χ0v) is 19.3. The topological polar surface area (TPSA) is 140 Å². The van der Waals surface area contributed by atoms with Gasteiger partial charge in [-0.05, 0) is 13.3 Å². The molecule has 0 bridgehead atoms. The van der Waals surface area contributed by atoms with Crippen LogP contribution in [0.2, 0.25) is 0 Å².